The van der Waals surface area contributed by atoms with Crippen molar-refractivity contribution in [3.63, 3.8) is 0 Å². The van der Waals surface area contributed by atoms with Crippen molar-refractivity contribution in [1.82, 2.24) is 0 Å². The molecule has 0 saturated heterocycles. The maximum atomic E-state index is 13.1. The molecule has 25 heavy (non-hydrogen) atoms. The molecular formula is C19H21F2N3S. The third-order valence-electron chi connectivity index (χ3n) is 3.36. The summed E-state index contributed by atoms with van der Waals surface area (Å²) in [4.78, 5) is 0. The zero-order valence-electron chi connectivity index (χ0n) is 14.2. The first-order valence-corrected chi connectivity index (χ1v) is 8.94. The van der Waals surface area contributed by atoms with Gasteiger partial charge in [0.25, 0.3) is 0 Å². The second-order valence-electron chi connectivity index (χ2n) is 6.06. The normalized spacial score (nSPS) is 12.3. The highest BCUT2D eigenvalue weighted by Crippen LogP contribution is 2.15. The van der Waals surface area contributed by atoms with Crippen LogP contribution in [0, 0.1) is 17.6 Å². The van der Waals surface area contributed by atoms with Crippen molar-refractivity contribution in [2.24, 2.45) is 21.9 Å². The average Bonchev–Trinajstić information content (AvgIpc) is 2.57. The van der Waals surface area contributed by atoms with E-state index in [1.54, 1.807) is 6.21 Å². The Morgan fingerprint density at radius 2 is 1.76 bits per heavy atom. The van der Waals surface area contributed by atoms with Crippen LogP contribution >= 0.6 is 11.8 Å². The van der Waals surface area contributed by atoms with Gasteiger partial charge in [-0.3, -0.25) is 0 Å². The van der Waals surface area contributed by atoms with Crippen molar-refractivity contribution in [3.05, 3.63) is 70.8 Å². The van der Waals surface area contributed by atoms with Crippen molar-refractivity contribution in [2.45, 2.75) is 26.0 Å². The smallest absolute Gasteiger partial charge is 0.180 e. The predicted octanol–water partition coefficient (Wildman–Crippen LogP) is 4.75. The van der Waals surface area contributed by atoms with E-state index in [1.807, 2.05) is 12.1 Å². The number of thioether (sulfide) groups is 1. The second kappa shape index (κ2) is 9.32. The summed E-state index contributed by atoms with van der Waals surface area (Å²) < 4.78 is 26.0. The van der Waals surface area contributed by atoms with Crippen molar-refractivity contribution < 1.29 is 8.78 Å². The first kappa shape index (κ1) is 19.1. The van der Waals surface area contributed by atoms with Gasteiger partial charge in [0.05, 0.1) is 6.21 Å². The molecule has 132 valence electrons. The first-order chi connectivity index (χ1) is 11.9. The summed E-state index contributed by atoms with van der Waals surface area (Å²) in [5.74, 6) is -0.714. The SMILES string of the molecule is CC(C)Cc1ccc(/C=N\N=C(N)SCc2ccc(F)c(F)c2)cc1. The van der Waals surface area contributed by atoms with Gasteiger partial charge in [0.1, 0.15) is 0 Å². The van der Waals surface area contributed by atoms with E-state index in [0.717, 1.165) is 24.1 Å². The number of rotatable bonds is 6. The van der Waals surface area contributed by atoms with Crippen LogP contribution in [-0.4, -0.2) is 11.4 Å². The van der Waals surface area contributed by atoms with Crippen LogP contribution in [0.25, 0.3) is 0 Å². The predicted molar refractivity (Wildman–Crippen MR) is 102 cm³/mol. The van der Waals surface area contributed by atoms with Gasteiger partial charge in [0.15, 0.2) is 16.8 Å². The Kier molecular flexibility index (Phi) is 7.13. The Labute approximate surface area is 151 Å². The maximum absolute atomic E-state index is 13.1. The molecule has 0 heterocycles. The zero-order chi connectivity index (χ0) is 18.2. The lowest BCUT2D eigenvalue weighted by Crippen LogP contribution is -2.06. The van der Waals surface area contributed by atoms with E-state index in [2.05, 4.69) is 36.2 Å². The Morgan fingerprint density at radius 1 is 1.08 bits per heavy atom. The molecule has 6 heteroatoms. The van der Waals surface area contributed by atoms with Gasteiger partial charge in [-0.05, 0) is 41.2 Å². The van der Waals surface area contributed by atoms with Crippen LogP contribution in [0.15, 0.2) is 52.7 Å². The Balaban J connectivity index is 1.87. The van der Waals surface area contributed by atoms with Crippen LogP contribution in [-0.2, 0) is 12.2 Å². The minimum absolute atomic E-state index is 0.261. The van der Waals surface area contributed by atoms with E-state index in [0.29, 0.717) is 17.2 Å². The van der Waals surface area contributed by atoms with Gasteiger partial charge in [-0.25, -0.2) is 8.78 Å². The number of benzene rings is 2. The molecule has 2 aromatic rings. The lowest BCUT2D eigenvalue weighted by molar-refractivity contribution is 0.507. The summed E-state index contributed by atoms with van der Waals surface area (Å²) in [6, 6.07) is 11.9. The molecule has 0 aliphatic rings. The molecule has 0 saturated carbocycles. The molecule has 0 fully saturated rings. The summed E-state index contributed by atoms with van der Waals surface area (Å²) in [6.07, 6.45) is 2.67. The first-order valence-electron chi connectivity index (χ1n) is 7.96. The Morgan fingerprint density at radius 3 is 2.40 bits per heavy atom. The molecule has 0 unspecified atom stereocenters. The molecule has 0 atom stereocenters. The fraction of sp³-hybridized carbons (Fsp3) is 0.263. The van der Waals surface area contributed by atoms with Crippen molar-refractivity contribution >= 4 is 23.1 Å². The highest BCUT2D eigenvalue weighted by atomic mass is 32.2. The maximum Gasteiger partial charge on any atom is 0.180 e. The molecule has 0 spiro atoms. The van der Waals surface area contributed by atoms with E-state index in [9.17, 15) is 8.78 Å². The van der Waals surface area contributed by atoms with Gasteiger partial charge in [-0.15, -0.1) is 5.10 Å². The molecule has 0 amide bonds. The topological polar surface area (TPSA) is 50.7 Å². The zero-order valence-corrected chi connectivity index (χ0v) is 15.1. The van der Waals surface area contributed by atoms with Crippen molar-refractivity contribution in [3.8, 4) is 0 Å². The largest absolute Gasteiger partial charge is 0.377 e. The lowest BCUT2D eigenvalue weighted by Gasteiger charge is -2.04. The van der Waals surface area contributed by atoms with Crippen molar-refractivity contribution in [1.29, 1.82) is 0 Å². The molecule has 2 rings (SSSR count). The van der Waals surface area contributed by atoms with Crippen LogP contribution in [0.3, 0.4) is 0 Å². The fourth-order valence-electron chi connectivity index (χ4n) is 2.18. The number of hydrogen-bond donors (Lipinski definition) is 1. The van der Waals surface area contributed by atoms with Gasteiger partial charge >= 0.3 is 0 Å². The molecule has 2 aromatic carbocycles. The Bertz CT molecular complexity index is 756. The van der Waals surface area contributed by atoms with Crippen molar-refractivity contribution in [2.75, 3.05) is 0 Å². The van der Waals surface area contributed by atoms with Gasteiger partial charge in [-0.2, -0.15) is 5.10 Å². The second-order valence-corrected chi connectivity index (χ2v) is 7.06. The highest BCUT2D eigenvalue weighted by molar-refractivity contribution is 8.13. The van der Waals surface area contributed by atoms with Crippen LogP contribution < -0.4 is 5.73 Å². The Hall–Kier alpha value is -2.21. The minimum atomic E-state index is -0.868. The van der Waals surface area contributed by atoms with Crippen LogP contribution in [0.1, 0.15) is 30.5 Å². The van der Waals surface area contributed by atoms with E-state index in [-0.39, 0.29) is 5.17 Å². The molecule has 0 aliphatic carbocycles. The summed E-state index contributed by atoms with van der Waals surface area (Å²) in [5.41, 5.74) is 8.62. The summed E-state index contributed by atoms with van der Waals surface area (Å²) >= 11 is 1.21. The minimum Gasteiger partial charge on any atom is -0.377 e. The molecule has 0 bridgehead atoms. The molecule has 0 aliphatic heterocycles. The van der Waals surface area contributed by atoms with E-state index >= 15 is 0 Å². The van der Waals surface area contributed by atoms with Gasteiger partial charge < -0.3 is 5.73 Å². The monoisotopic (exact) mass is 361 g/mol. The molecule has 2 N–H and O–H groups in total. The number of hydrogen-bond acceptors (Lipinski definition) is 3. The molecule has 3 nitrogen and oxygen atoms in total. The summed E-state index contributed by atoms with van der Waals surface area (Å²) in [6.45, 7) is 4.37. The van der Waals surface area contributed by atoms with Gasteiger partial charge in [0, 0.05) is 5.75 Å². The average molecular weight is 361 g/mol. The number of halogens is 2. The van der Waals surface area contributed by atoms with E-state index in [4.69, 9.17) is 5.73 Å². The van der Waals surface area contributed by atoms with Gasteiger partial charge in [0.2, 0.25) is 0 Å². The summed E-state index contributed by atoms with van der Waals surface area (Å²) in [5, 5.41) is 8.12. The fourth-order valence-corrected chi connectivity index (χ4v) is 2.78. The number of nitrogens with two attached hydrogens (primary N) is 1. The van der Waals surface area contributed by atoms with Crippen LogP contribution in [0.2, 0.25) is 0 Å². The molecular weight excluding hydrogens is 340 g/mol. The number of amidine groups is 1. The lowest BCUT2D eigenvalue weighted by atomic mass is 10.0. The third kappa shape index (κ3) is 6.66. The van der Waals surface area contributed by atoms with E-state index < -0.39 is 11.6 Å². The number of nitrogens with zero attached hydrogens (tertiary/aromatic N) is 2. The van der Waals surface area contributed by atoms with Gasteiger partial charge in [-0.1, -0.05) is 55.9 Å². The molecule has 0 radical (unpaired) electrons. The third-order valence-corrected chi connectivity index (χ3v) is 4.21. The molecule has 0 aromatic heterocycles. The van der Waals surface area contributed by atoms with E-state index in [1.165, 1.54) is 23.4 Å². The quantitative estimate of drug-likeness (QED) is 0.459. The van der Waals surface area contributed by atoms with Crippen LogP contribution in [0.5, 0.6) is 0 Å². The standard InChI is InChI=1S/C19H21F2N3S/c1-13(2)9-14-3-5-15(6-4-14)11-23-24-19(22)25-12-16-7-8-17(20)18(21)10-16/h3-8,10-11,13H,9,12H2,1-2H3,(H2,22,24)/b23-11-. The highest BCUT2D eigenvalue weighted by Gasteiger charge is 2.03. The van der Waals surface area contributed by atoms with Crippen LogP contribution in [0.4, 0.5) is 8.78 Å². The summed E-state index contributed by atoms with van der Waals surface area (Å²) in [7, 11) is 0.